The number of oxime groups is 1. The van der Waals surface area contributed by atoms with Crippen LogP contribution in [0, 0.1) is 0 Å². The zero-order valence-electron chi connectivity index (χ0n) is 21.3. The third-order valence-corrected chi connectivity index (χ3v) is 7.57. The molecule has 5 nitrogen and oxygen atoms in total. The van der Waals surface area contributed by atoms with Gasteiger partial charge >= 0.3 is 12.1 Å². The van der Waals surface area contributed by atoms with Crippen molar-refractivity contribution in [3.8, 4) is 0 Å². The van der Waals surface area contributed by atoms with Crippen molar-refractivity contribution < 1.29 is 27.9 Å². The number of carboxylic acid groups (broad SMARTS) is 1. The molecule has 2 fully saturated rings. The van der Waals surface area contributed by atoms with E-state index in [1.165, 1.54) is 18.7 Å². The second-order valence-corrected chi connectivity index (χ2v) is 10.0. The average Bonchev–Trinajstić information content (AvgIpc) is 2.85. The average molecular weight is 517 g/mol. The molecule has 1 saturated carbocycles. The molecule has 0 aromatic heterocycles. The van der Waals surface area contributed by atoms with Gasteiger partial charge in [-0.05, 0) is 78.6 Å². The number of benzene rings is 2. The number of hydrogen-bond acceptors (Lipinski definition) is 4. The first-order chi connectivity index (χ1) is 17.8. The highest BCUT2D eigenvalue weighted by molar-refractivity contribution is 5.92. The Morgan fingerprint density at radius 2 is 1.84 bits per heavy atom. The van der Waals surface area contributed by atoms with E-state index in [1.54, 1.807) is 12.1 Å². The predicted molar refractivity (Wildman–Crippen MR) is 137 cm³/mol. The molecule has 2 aliphatic rings. The zero-order valence-corrected chi connectivity index (χ0v) is 21.3. The molecular weight excluding hydrogens is 481 g/mol. The Morgan fingerprint density at radius 1 is 1.11 bits per heavy atom. The van der Waals surface area contributed by atoms with Crippen molar-refractivity contribution in [2.45, 2.75) is 83.5 Å². The van der Waals surface area contributed by atoms with Crippen LogP contribution in [0.5, 0.6) is 0 Å². The molecule has 4 rings (SSSR count). The van der Waals surface area contributed by atoms with E-state index in [1.807, 2.05) is 19.1 Å². The van der Waals surface area contributed by atoms with Gasteiger partial charge in [-0.25, -0.2) is 4.79 Å². The Balaban J connectivity index is 1.41. The van der Waals surface area contributed by atoms with Crippen LogP contribution in [-0.4, -0.2) is 35.3 Å². The summed E-state index contributed by atoms with van der Waals surface area (Å²) in [5.41, 5.74) is 3.02. The van der Waals surface area contributed by atoms with Crippen LogP contribution < -0.4 is 0 Å². The molecule has 1 heterocycles. The molecule has 0 bridgehead atoms. The fourth-order valence-corrected chi connectivity index (χ4v) is 5.52. The van der Waals surface area contributed by atoms with Gasteiger partial charge < -0.3 is 9.94 Å². The van der Waals surface area contributed by atoms with Gasteiger partial charge in [-0.1, -0.05) is 55.6 Å². The molecule has 8 heteroatoms. The molecule has 0 radical (unpaired) electrons. The van der Waals surface area contributed by atoms with Crippen LogP contribution in [0.25, 0.3) is 0 Å². The molecule has 200 valence electrons. The van der Waals surface area contributed by atoms with Crippen molar-refractivity contribution in [3.05, 3.63) is 69.3 Å². The largest absolute Gasteiger partial charge is 0.478 e. The Hall–Kier alpha value is -2.87. The first kappa shape index (κ1) is 27.2. The van der Waals surface area contributed by atoms with Gasteiger partial charge in [0.2, 0.25) is 0 Å². The van der Waals surface area contributed by atoms with E-state index in [0.29, 0.717) is 28.7 Å². The minimum absolute atomic E-state index is 0.0490. The van der Waals surface area contributed by atoms with Gasteiger partial charge in [0.15, 0.2) is 0 Å². The number of hydrogen-bond donors (Lipinski definition) is 1. The smallest absolute Gasteiger partial charge is 0.416 e. The molecule has 0 spiro atoms. The highest BCUT2D eigenvalue weighted by Gasteiger charge is 2.35. The number of aromatic carboxylic acids is 1. The van der Waals surface area contributed by atoms with Crippen molar-refractivity contribution in [2.75, 3.05) is 13.1 Å². The lowest BCUT2D eigenvalue weighted by Crippen LogP contribution is -2.36. The molecule has 1 N–H and O–H groups in total. The normalized spacial score (nSPS) is 17.2. The van der Waals surface area contributed by atoms with Gasteiger partial charge in [-0.15, -0.1) is 0 Å². The molecule has 37 heavy (non-hydrogen) atoms. The summed E-state index contributed by atoms with van der Waals surface area (Å²) in [6.45, 7) is 4.68. The Labute approximate surface area is 216 Å². The maximum Gasteiger partial charge on any atom is 0.416 e. The lowest BCUT2D eigenvalue weighted by atomic mass is 9.81. The molecule has 0 unspecified atom stereocenters. The van der Waals surface area contributed by atoms with Gasteiger partial charge in [0.1, 0.15) is 6.61 Å². The molecule has 1 aliphatic carbocycles. The van der Waals surface area contributed by atoms with Gasteiger partial charge in [-0.3, -0.25) is 4.90 Å². The number of nitrogens with zero attached hydrogens (tertiary/aromatic N) is 2. The van der Waals surface area contributed by atoms with E-state index >= 15 is 0 Å². The first-order valence-corrected chi connectivity index (χ1v) is 13.2. The number of carboxylic acids is 1. The maximum absolute atomic E-state index is 13.8. The lowest BCUT2D eigenvalue weighted by molar-refractivity contribution is -0.138. The van der Waals surface area contributed by atoms with E-state index in [-0.39, 0.29) is 18.9 Å². The summed E-state index contributed by atoms with van der Waals surface area (Å²) < 4.78 is 41.3. The Bertz CT molecular complexity index is 1120. The first-order valence-electron chi connectivity index (χ1n) is 13.2. The van der Waals surface area contributed by atoms with Crippen LogP contribution in [0.2, 0.25) is 0 Å². The highest BCUT2D eigenvalue weighted by Crippen LogP contribution is 2.41. The standard InChI is InChI=1S/C29H35F3N2O3/c1-2-24-23(18-34-15-6-16-34)11-10-22(27(24)28(35)36)13-14-33-37-19-20-9-12-25(21-7-4-3-5-8-21)26(17-20)29(30,31)32/h9-12,14,17,21H,2-8,13,15-16,18-19H2,1H3,(H,35,36)/b33-14+. The molecule has 0 atom stereocenters. The van der Waals surface area contributed by atoms with Crippen molar-refractivity contribution in [1.82, 2.24) is 4.90 Å². The summed E-state index contributed by atoms with van der Waals surface area (Å²) in [7, 11) is 0. The summed E-state index contributed by atoms with van der Waals surface area (Å²) in [6.07, 6.45) is 3.69. The van der Waals surface area contributed by atoms with Crippen LogP contribution >= 0.6 is 0 Å². The van der Waals surface area contributed by atoms with Gasteiger partial charge in [-0.2, -0.15) is 13.2 Å². The highest BCUT2D eigenvalue weighted by atomic mass is 19.4. The molecule has 0 amide bonds. The van der Waals surface area contributed by atoms with E-state index in [4.69, 9.17) is 4.84 Å². The maximum atomic E-state index is 13.8. The molecule has 1 saturated heterocycles. The topological polar surface area (TPSA) is 62.1 Å². The van der Waals surface area contributed by atoms with Crippen molar-refractivity contribution in [3.63, 3.8) is 0 Å². The van der Waals surface area contributed by atoms with Crippen LogP contribution in [0.15, 0.2) is 35.5 Å². The van der Waals surface area contributed by atoms with Crippen molar-refractivity contribution in [1.29, 1.82) is 0 Å². The molecular formula is C29H35F3N2O3. The summed E-state index contributed by atoms with van der Waals surface area (Å²) >= 11 is 0. The number of halogens is 3. The summed E-state index contributed by atoms with van der Waals surface area (Å²) in [5, 5.41) is 13.8. The second-order valence-electron chi connectivity index (χ2n) is 10.0. The van der Waals surface area contributed by atoms with Crippen molar-refractivity contribution >= 4 is 12.2 Å². The van der Waals surface area contributed by atoms with Crippen LogP contribution in [0.3, 0.4) is 0 Å². The van der Waals surface area contributed by atoms with Crippen LogP contribution in [0.1, 0.15) is 95.1 Å². The fraction of sp³-hybridized carbons (Fsp3) is 0.517. The summed E-state index contributed by atoms with van der Waals surface area (Å²) in [5.74, 6) is -1.02. The van der Waals surface area contributed by atoms with Gasteiger partial charge in [0.25, 0.3) is 0 Å². The third kappa shape index (κ3) is 6.72. The SMILES string of the molecule is CCc1c(CN2CCC2)ccc(C/C=N/OCc2ccc(C3CCCCC3)c(C(F)(F)F)c2)c1C(=O)O. The van der Waals surface area contributed by atoms with E-state index in [2.05, 4.69) is 10.1 Å². The van der Waals surface area contributed by atoms with E-state index in [9.17, 15) is 23.1 Å². The minimum Gasteiger partial charge on any atom is -0.478 e. The summed E-state index contributed by atoms with van der Waals surface area (Å²) in [6, 6.07) is 8.26. The molecule has 1 aliphatic heterocycles. The van der Waals surface area contributed by atoms with Crippen molar-refractivity contribution in [2.24, 2.45) is 5.16 Å². The van der Waals surface area contributed by atoms with Crippen LogP contribution in [0.4, 0.5) is 13.2 Å². The minimum atomic E-state index is -4.42. The number of alkyl halides is 3. The molecule has 2 aromatic carbocycles. The quantitative estimate of drug-likeness (QED) is 0.274. The number of rotatable bonds is 10. The van der Waals surface area contributed by atoms with E-state index in [0.717, 1.165) is 62.9 Å². The lowest BCUT2D eigenvalue weighted by Gasteiger charge is -2.31. The number of likely N-dealkylation sites (tertiary alicyclic amines) is 1. The monoisotopic (exact) mass is 516 g/mol. The predicted octanol–water partition coefficient (Wildman–Crippen LogP) is 6.96. The Kier molecular flexibility index (Phi) is 8.90. The Morgan fingerprint density at radius 3 is 2.46 bits per heavy atom. The van der Waals surface area contributed by atoms with E-state index < -0.39 is 17.7 Å². The third-order valence-electron chi connectivity index (χ3n) is 7.57. The fourth-order valence-electron chi connectivity index (χ4n) is 5.52. The van der Waals surface area contributed by atoms with Crippen LogP contribution in [-0.2, 0) is 37.0 Å². The second kappa shape index (κ2) is 12.1. The molecule has 2 aromatic rings. The van der Waals surface area contributed by atoms with Gasteiger partial charge in [0, 0.05) is 19.2 Å². The zero-order chi connectivity index (χ0) is 26.4. The number of carbonyl (C=O) groups is 1. The van der Waals surface area contributed by atoms with Gasteiger partial charge in [0.05, 0.1) is 11.1 Å². The summed E-state index contributed by atoms with van der Waals surface area (Å²) in [4.78, 5) is 19.7.